The van der Waals surface area contributed by atoms with Gasteiger partial charge in [0.05, 0.1) is 0 Å². The maximum absolute atomic E-state index is 3.12. The van der Waals surface area contributed by atoms with Gasteiger partial charge in [0.15, 0.2) is 0 Å². The van der Waals surface area contributed by atoms with E-state index in [1.807, 2.05) is 13.8 Å². The third-order valence-corrected chi connectivity index (χ3v) is 2.96. The van der Waals surface area contributed by atoms with Gasteiger partial charge in [-0.25, -0.2) is 0 Å². The lowest BCUT2D eigenvalue weighted by Crippen LogP contribution is -1.81. The molecular formula is C17H28. The first-order chi connectivity index (χ1) is 8.41. The van der Waals surface area contributed by atoms with E-state index in [0.29, 0.717) is 0 Å². The summed E-state index contributed by atoms with van der Waals surface area (Å²) in [6.45, 7) is 3.85. The lowest BCUT2D eigenvalue weighted by atomic mass is 10.1. The van der Waals surface area contributed by atoms with Crippen molar-refractivity contribution in [2.45, 2.75) is 84.5 Å². The van der Waals surface area contributed by atoms with Crippen LogP contribution in [0, 0.1) is 23.7 Å². The molecule has 0 heteroatoms. The normalized spacial score (nSPS) is 9.06. The molecule has 0 unspecified atom stereocenters. The second-order valence-electron chi connectivity index (χ2n) is 4.54. The first-order valence-corrected chi connectivity index (χ1v) is 7.21. The largest absolute Gasteiger partial charge is 0.107 e. The van der Waals surface area contributed by atoms with Crippen LogP contribution in [0.4, 0.5) is 0 Å². The van der Waals surface area contributed by atoms with Crippen molar-refractivity contribution in [1.82, 2.24) is 0 Å². The molecule has 96 valence electrons. The van der Waals surface area contributed by atoms with Gasteiger partial charge in [0.25, 0.3) is 0 Å². The van der Waals surface area contributed by atoms with E-state index in [4.69, 9.17) is 0 Å². The van der Waals surface area contributed by atoms with Crippen LogP contribution in [-0.2, 0) is 0 Å². The summed E-state index contributed by atoms with van der Waals surface area (Å²) in [7, 11) is 0. The van der Waals surface area contributed by atoms with Gasteiger partial charge in [-0.15, -0.1) is 23.7 Å². The summed E-state index contributed by atoms with van der Waals surface area (Å²) >= 11 is 0. The molecule has 0 aromatic rings. The minimum atomic E-state index is 1.09. The second kappa shape index (κ2) is 15.1. The van der Waals surface area contributed by atoms with E-state index < -0.39 is 0 Å². The van der Waals surface area contributed by atoms with Crippen molar-refractivity contribution in [2.75, 3.05) is 0 Å². The van der Waals surface area contributed by atoms with Gasteiger partial charge >= 0.3 is 0 Å². The molecule has 0 aromatic carbocycles. The first-order valence-electron chi connectivity index (χ1n) is 7.21. The highest BCUT2D eigenvalue weighted by Crippen LogP contribution is 2.10. The topological polar surface area (TPSA) is 0 Å². The minimum absolute atomic E-state index is 1.09. The molecule has 0 fully saturated rings. The van der Waals surface area contributed by atoms with E-state index >= 15 is 0 Å². The molecule has 0 radical (unpaired) electrons. The molecule has 0 saturated heterocycles. The fraction of sp³-hybridized carbons (Fsp3) is 0.765. The summed E-state index contributed by atoms with van der Waals surface area (Å²) in [6.07, 6.45) is 14.5. The summed E-state index contributed by atoms with van der Waals surface area (Å²) in [4.78, 5) is 0. The van der Waals surface area contributed by atoms with Crippen molar-refractivity contribution < 1.29 is 0 Å². The Bertz CT molecular complexity index is 225. The summed E-state index contributed by atoms with van der Waals surface area (Å²) in [5.74, 6) is 12.1. The number of hydrogen-bond donors (Lipinski definition) is 0. The van der Waals surface area contributed by atoms with Crippen LogP contribution in [-0.4, -0.2) is 0 Å². The average molecular weight is 232 g/mol. The zero-order valence-electron chi connectivity index (χ0n) is 11.8. The Balaban J connectivity index is 2.97. The molecule has 0 saturated carbocycles. The molecule has 17 heavy (non-hydrogen) atoms. The highest BCUT2D eigenvalue weighted by molar-refractivity contribution is 4.94. The predicted octanol–water partition coefficient (Wildman–Crippen LogP) is 5.32. The maximum Gasteiger partial charge on any atom is 0.00885 e. The smallest absolute Gasteiger partial charge is 0.00885 e. The summed E-state index contributed by atoms with van der Waals surface area (Å²) in [6, 6.07) is 0. The molecule has 0 nitrogen and oxygen atoms in total. The number of unbranched alkanes of at least 4 members (excludes halogenated alkanes) is 10. The van der Waals surface area contributed by atoms with Gasteiger partial charge in [0.2, 0.25) is 0 Å². The van der Waals surface area contributed by atoms with Gasteiger partial charge in [-0.2, -0.15) is 0 Å². The van der Waals surface area contributed by atoms with Gasteiger partial charge in [0, 0.05) is 12.8 Å². The van der Waals surface area contributed by atoms with Gasteiger partial charge in [-0.3, -0.25) is 0 Å². The van der Waals surface area contributed by atoms with Crippen molar-refractivity contribution in [1.29, 1.82) is 0 Å². The SMILES string of the molecule is CC#CCCCCCCCCCCCC#CC. The lowest BCUT2D eigenvalue weighted by molar-refractivity contribution is 0.563. The summed E-state index contributed by atoms with van der Waals surface area (Å²) < 4.78 is 0. The Morgan fingerprint density at radius 3 is 1.06 bits per heavy atom. The molecule has 0 aliphatic carbocycles. The number of hydrogen-bond acceptors (Lipinski definition) is 0. The zero-order chi connectivity index (χ0) is 12.6. The molecule has 0 aromatic heterocycles. The van der Waals surface area contributed by atoms with E-state index in [2.05, 4.69) is 23.7 Å². The van der Waals surface area contributed by atoms with Crippen LogP contribution >= 0.6 is 0 Å². The monoisotopic (exact) mass is 232 g/mol. The molecule has 0 bridgehead atoms. The summed E-state index contributed by atoms with van der Waals surface area (Å²) in [5.41, 5.74) is 0. The highest BCUT2D eigenvalue weighted by Gasteiger charge is 1.91. The molecule has 0 spiro atoms. The van der Waals surface area contributed by atoms with Crippen LogP contribution in [0.15, 0.2) is 0 Å². The average Bonchev–Trinajstić information content (AvgIpc) is 2.35. The van der Waals surface area contributed by atoms with E-state index in [9.17, 15) is 0 Å². The lowest BCUT2D eigenvalue weighted by Gasteiger charge is -2.00. The highest BCUT2D eigenvalue weighted by atomic mass is 14.0. The maximum atomic E-state index is 3.12. The molecule has 0 heterocycles. The van der Waals surface area contributed by atoms with Crippen LogP contribution in [0.1, 0.15) is 84.5 Å². The Morgan fingerprint density at radius 1 is 0.471 bits per heavy atom. The van der Waals surface area contributed by atoms with Crippen LogP contribution < -0.4 is 0 Å². The van der Waals surface area contributed by atoms with Crippen molar-refractivity contribution >= 4 is 0 Å². The van der Waals surface area contributed by atoms with Crippen LogP contribution in [0.25, 0.3) is 0 Å². The molecule has 0 atom stereocenters. The van der Waals surface area contributed by atoms with E-state index in [-0.39, 0.29) is 0 Å². The number of rotatable bonds is 10. The van der Waals surface area contributed by atoms with Crippen molar-refractivity contribution in [3.05, 3.63) is 0 Å². The standard InChI is InChI=1S/C17H28/c1-3-5-7-9-11-13-15-17-16-14-12-10-8-6-4-2/h7-17H2,1-2H3. The Morgan fingerprint density at radius 2 is 0.765 bits per heavy atom. The van der Waals surface area contributed by atoms with E-state index in [1.165, 1.54) is 57.8 Å². The Hall–Kier alpha value is -0.880. The molecule has 0 amide bonds. The van der Waals surface area contributed by atoms with Gasteiger partial charge in [-0.1, -0.05) is 44.9 Å². The van der Waals surface area contributed by atoms with E-state index in [1.54, 1.807) is 0 Å². The van der Waals surface area contributed by atoms with Crippen molar-refractivity contribution in [3.8, 4) is 23.7 Å². The van der Waals surface area contributed by atoms with Gasteiger partial charge < -0.3 is 0 Å². The zero-order valence-corrected chi connectivity index (χ0v) is 11.8. The van der Waals surface area contributed by atoms with Gasteiger partial charge in [0.1, 0.15) is 0 Å². The predicted molar refractivity (Wildman–Crippen MR) is 77.7 cm³/mol. The summed E-state index contributed by atoms with van der Waals surface area (Å²) in [5, 5.41) is 0. The molecule has 0 aliphatic rings. The third-order valence-electron chi connectivity index (χ3n) is 2.96. The molecule has 0 rings (SSSR count). The molecule has 0 aliphatic heterocycles. The fourth-order valence-electron chi connectivity index (χ4n) is 1.91. The van der Waals surface area contributed by atoms with Crippen molar-refractivity contribution in [2.24, 2.45) is 0 Å². The second-order valence-corrected chi connectivity index (χ2v) is 4.54. The first kappa shape index (κ1) is 16.1. The van der Waals surface area contributed by atoms with Crippen LogP contribution in [0.3, 0.4) is 0 Å². The quantitative estimate of drug-likeness (QED) is 0.353. The third kappa shape index (κ3) is 15.1. The van der Waals surface area contributed by atoms with Crippen LogP contribution in [0.5, 0.6) is 0 Å². The van der Waals surface area contributed by atoms with Crippen molar-refractivity contribution in [3.63, 3.8) is 0 Å². The molecule has 0 N–H and O–H groups in total. The fourth-order valence-corrected chi connectivity index (χ4v) is 1.91. The van der Waals surface area contributed by atoms with Gasteiger partial charge in [-0.05, 0) is 26.7 Å². The van der Waals surface area contributed by atoms with Crippen LogP contribution in [0.2, 0.25) is 0 Å². The Labute approximate surface area is 109 Å². The Kier molecular flexibility index (Phi) is 14.3. The molecular weight excluding hydrogens is 204 g/mol. The minimum Gasteiger partial charge on any atom is -0.107 e. The van der Waals surface area contributed by atoms with E-state index in [0.717, 1.165) is 12.8 Å².